The van der Waals surface area contributed by atoms with Crippen LogP contribution in [0.2, 0.25) is 0 Å². The number of aliphatic imine (C=N–C) groups is 2. The highest BCUT2D eigenvalue weighted by Gasteiger charge is 2.24. The van der Waals surface area contributed by atoms with Gasteiger partial charge in [-0.15, -0.1) is 0 Å². The molecule has 0 radical (unpaired) electrons. The van der Waals surface area contributed by atoms with E-state index >= 15 is 0 Å². The van der Waals surface area contributed by atoms with Crippen LogP contribution in [0, 0.1) is 13.8 Å². The van der Waals surface area contributed by atoms with E-state index in [1.165, 1.54) is 38.5 Å². The third kappa shape index (κ3) is 7.52. The first-order chi connectivity index (χ1) is 19.5. The van der Waals surface area contributed by atoms with Crippen LogP contribution >= 0.6 is 0 Å². The summed E-state index contributed by atoms with van der Waals surface area (Å²) in [6.45, 7) is 10.2. The minimum absolute atomic E-state index is 0.0789. The van der Waals surface area contributed by atoms with Crippen LogP contribution in [-0.4, -0.2) is 70.7 Å². The molecule has 1 unspecified atom stereocenters. The second-order valence-corrected chi connectivity index (χ2v) is 12.4. The second kappa shape index (κ2) is 13.8. The summed E-state index contributed by atoms with van der Waals surface area (Å²) >= 11 is 0. The Bertz CT molecular complexity index is 1100. The van der Waals surface area contributed by atoms with Crippen LogP contribution in [0.1, 0.15) is 97.6 Å². The summed E-state index contributed by atoms with van der Waals surface area (Å²) in [6, 6.07) is 8.46. The lowest BCUT2D eigenvalue weighted by atomic mass is 9.91. The molecule has 2 heterocycles. The smallest absolute Gasteiger partial charge is 0.128 e. The van der Waals surface area contributed by atoms with Crippen LogP contribution in [0.15, 0.2) is 34.3 Å². The molecule has 5 rings (SSSR count). The van der Waals surface area contributed by atoms with E-state index in [1.807, 2.05) is 24.6 Å². The SMILES string of the molecule is Cc1cc(C=NC2CCCC[C@H]2N=Cc2cc(C)cc(CN3CCCCC3)c2O)c(O)c(CN2CCCCC2)c1. The Morgan fingerprint density at radius 3 is 1.43 bits per heavy atom. The molecule has 1 saturated carbocycles. The van der Waals surface area contributed by atoms with E-state index in [9.17, 15) is 10.2 Å². The van der Waals surface area contributed by atoms with Gasteiger partial charge in [0.25, 0.3) is 0 Å². The molecule has 0 bridgehead atoms. The van der Waals surface area contributed by atoms with Crippen molar-refractivity contribution in [3.05, 3.63) is 57.6 Å². The van der Waals surface area contributed by atoms with Crippen molar-refractivity contribution in [2.24, 2.45) is 9.98 Å². The van der Waals surface area contributed by atoms with Crippen molar-refractivity contribution < 1.29 is 10.2 Å². The molecule has 2 atom stereocenters. The summed E-state index contributed by atoms with van der Waals surface area (Å²) in [5.74, 6) is 0.725. The van der Waals surface area contributed by atoms with Crippen molar-refractivity contribution in [3.63, 3.8) is 0 Å². The molecule has 6 nitrogen and oxygen atoms in total. The van der Waals surface area contributed by atoms with Crippen molar-refractivity contribution in [1.82, 2.24) is 9.80 Å². The highest BCUT2D eigenvalue weighted by Crippen LogP contribution is 2.30. The summed E-state index contributed by atoms with van der Waals surface area (Å²) in [6.07, 6.45) is 15.6. The molecule has 2 aliphatic heterocycles. The first kappa shape index (κ1) is 28.8. The van der Waals surface area contributed by atoms with E-state index in [0.717, 1.165) is 98.3 Å². The molecule has 40 heavy (non-hydrogen) atoms. The minimum atomic E-state index is 0.0789. The third-order valence-electron chi connectivity index (χ3n) is 8.91. The number of rotatable bonds is 8. The normalized spacial score (nSPS) is 23.4. The molecule has 2 saturated heterocycles. The Morgan fingerprint density at radius 2 is 1.02 bits per heavy atom. The average molecular weight is 545 g/mol. The zero-order chi connectivity index (χ0) is 27.9. The zero-order valence-electron chi connectivity index (χ0n) is 24.6. The van der Waals surface area contributed by atoms with Crippen molar-refractivity contribution >= 4 is 12.4 Å². The highest BCUT2D eigenvalue weighted by atomic mass is 16.3. The monoisotopic (exact) mass is 544 g/mol. The van der Waals surface area contributed by atoms with Gasteiger partial charge in [0.05, 0.1) is 12.1 Å². The Balaban J connectivity index is 1.30. The summed E-state index contributed by atoms with van der Waals surface area (Å²) in [5.41, 5.74) is 5.91. The van der Waals surface area contributed by atoms with Gasteiger partial charge in [0.1, 0.15) is 11.5 Å². The lowest BCUT2D eigenvalue weighted by Gasteiger charge is -2.27. The van der Waals surface area contributed by atoms with Crippen LogP contribution in [0.25, 0.3) is 0 Å². The fourth-order valence-corrected chi connectivity index (χ4v) is 6.71. The highest BCUT2D eigenvalue weighted by molar-refractivity contribution is 5.85. The number of phenols is 2. The van der Waals surface area contributed by atoms with Crippen LogP contribution < -0.4 is 0 Å². The average Bonchev–Trinajstić information content (AvgIpc) is 2.96. The van der Waals surface area contributed by atoms with Gasteiger partial charge in [-0.1, -0.05) is 37.8 Å². The van der Waals surface area contributed by atoms with E-state index in [4.69, 9.17) is 9.98 Å². The molecule has 0 spiro atoms. The van der Waals surface area contributed by atoms with E-state index in [1.54, 1.807) is 0 Å². The van der Waals surface area contributed by atoms with Gasteiger partial charge in [-0.3, -0.25) is 19.8 Å². The lowest BCUT2D eigenvalue weighted by Crippen LogP contribution is -2.29. The van der Waals surface area contributed by atoms with Gasteiger partial charge in [-0.2, -0.15) is 0 Å². The van der Waals surface area contributed by atoms with Crippen molar-refractivity contribution in [2.45, 2.75) is 103 Å². The van der Waals surface area contributed by atoms with Crippen molar-refractivity contribution in [1.29, 1.82) is 0 Å². The van der Waals surface area contributed by atoms with Gasteiger partial charge in [-0.25, -0.2) is 0 Å². The molecule has 216 valence electrons. The van der Waals surface area contributed by atoms with Gasteiger partial charge >= 0.3 is 0 Å². The largest absolute Gasteiger partial charge is 0.507 e. The summed E-state index contributed by atoms with van der Waals surface area (Å²) in [4.78, 5) is 14.9. The number of hydrogen-bond acceptors (Lipinski definition) is 6. The maximum absolute atomic E-state index is 11.1. The predicted molar refractivity (Wildman–Crippen MR) is 165 cm³/mol. The van der Waals surface area contributed by atoms with E-state index < -0.39 is 0 Å². The molecular formula is C34H48N4O2. The number of benzene rings is 2. The molecule has 2 N–H and O–H groups in total. The fourth-order valence-electron chi connectivity index (χ4n) is 6.71. The van der Waals surface area contributed by atoms with Crippen molar-refractivity contribution in [2.75, 3.05) is 26.2 Å². The number of hydrogen-bond donors (Lipinski definition) is 2. The second-order valence-electron chi connectivity index (χ2n) is 12.4. The van der Waals surface area contributed by atoms with Crippen LogP contribution in [0.3, 0.4) is 0 Å². The molecular weight excluding hydrogens is 496 g/mol. The number of piperidine rings is 2. The van der Waals surface area contributed by atoms with Crippen LogP contribution in [-0.2, 0) is 13.1 Å². The standard InChI is InChI=1S/C34H48N4O2/c1-25-17-27(33(39)29(19-25)23-37-13-7-3-8-14-37)21-35-31-11-5-6-12-32(31)36-22-28-18-26(2)20-30(34(28)40)24-38-15-9-4-10-16-38/h17-22,31-32,39-40H,3-16,23-24H2,1-2H3/t31-,32?/m1/s1. The number of nitrogens with zero attached hydrogens (tertiary/aromatic N) is 4. The minimum Gasteiger partial charge on any atom is -0.507 e. The molecule has 1 aliphatic carbocycles. The Labute approximate surface area is 240 Å². The topological polar surface area (TPSA) is 71.7 Å². The first-order valence-corrected chi connectivity index (χ1v) is 15.6. The van der Waals surface area contributed by atoms with Gasteiger partial charge in [0.15, 0.2) is 0 Å². The van der Waals surface area contributed by atoms with E-state index in [0.29, 0.717) is 11.5 Å². The van der Waals surface area contributed by atoms with E-state index in [-0.39, 0.29) is 12.1 Å². The van der Waals surface area contributed by atoms with Crippen LogP contribution in [0.4, 0.5) is 0 Å². The van der Waals surface area contributed by atoms with Gasteiger partial charge < -0.3 is 10.2 Å². The molecule has 3 aliphatic rings. The Hall–Kier alpha value is -2.70. The third-order valence-corrected chi connectivity index (χ3v) is 8.91. The van der Waals surface area contributed by atoms with Gasteiger partial charge in [0, 0.05) is 47.8 Å². The molecule has 6 heteroatoms. The molecule has 2 aromatic carbocycles. The molecule has 0 amide bonds. The van der Waals surface area contributed by atoms with Gasteiger partial charge in [-0.05, 0) is 102 Å². The molecule has 3 fully saturated rings. The Kier molecular flexibility index (Phi) is 9.92. The summed E-state index contributed by atoms with van der Waals surface area (Å²) < 4.78 is 0. The fraction of sp³-hybridized carbons (Fsp3) is 0.588. The Morgan fingerprint density at radius 1 is 0.625 bits per heavy atom. The first-order valence-electron chi connectivity index (χ1n) is 15.6. The van der Waals surface area contributed by atoms with Gasteiger partial charge in [0.2, 0.25) is 0 Å². The quantitative estimate of drug-likeness (QED) is 0.371. The number of aromatic hydroxyl groups is 2. The van der Waals surface area contributed by atoms with E-state index in [2.05, 4.69) is 35.8 Å². The summed E-state index contributed by atoms with van der Waals surface area (Å²) in [7, 11) is 0. The number of likely N-dealkylation sites (tertiary alicyclic amines) is 2. The zero-order valence-corrected chi connectivity index (χ0v) is 24.6. The summed E-state index contributed by atoms with van der Waals surface area (Å²) in [5, 5.41) is 22.2. The van der Waals surface area contributed by atoms with Crippen LogP contribution in [0.5, 0.6) is 11.5 Å². The maximum atomic E-state index is 11.1. The maximum Gasteiger partial charge on any atom is 0.128 e. The lowest BCUT2D eigenvalue weighted by molar-refractivity contribution is 0.218. The number of phenolic OH excluding ortho intramolecular Hbond substituents is 2. The molecule has 2 aromatic rings. The van der Waals surface area contributed by atoms with Crippen molar-refractivity contribution in [3.8, 4) is 11.5 Å². The number of aryl methyl sites for hydroxylation is 2. The predicted octanol–water partition coefficient (Wildman–Crippen LogP) is 6.54. The molecule has 0 aromatic heterocycles.